The number of carbonyl (C=O) groups excluding carboxylic acids is 3. The van der Waals surface area contributed by atoms with Crippen LogP contribution in [-0.4, -0.2) is 42.3 Å². The number of amides is 3. The first-order chi connectivity index (χ1) is 17.0. The standard InChI is InChI=1S/C28H30N4O3/c1-20(21-8-3-2-4-9-21)30-27(34)23-10-7-11-25(18-23)31-26(33)19-29-24-14-12-22(13-15-24)28(35)32-16-5-6-17-32/h2-4,7-15,18,20,29H,5-6,16-17,19H2,1H3,(H,30,34)(H,31,33). The maximum atomic E-state index is 12.7. The largest absolute Gasteiger partial charge is 0.376 e. The topological polar surface area (TPSA) is 90.5 Å². The van der Waals surface area contributed by atoms with Crippen molar-refractivity contribution in [3.05, 3.63) is 95.6 Å². The van der Waals surface area contributed by atoms with Crippen LogP contribution in [-0.2, 0) is 4.79 Å². The molecule has 1 unspecified atom stereocenters. The van der Waals surface area contributed by atoms with Crippen LogP contribution >= 0.6 is 0 Å². The molecule has 1 aliphatic heterocycles. The SMILES string of the molecule is CC(NC(=O)c1cccc(NC(=O)CNc2ccc(C(=O)N3CCCC3)cc2)c1)c1ccccc1. The second-order valence-corrected chi connectivity index (χ2v) is 8.67. The van der Waals surface area contributed by atoms with Crippen molar-refractivity contribution < 1.29 is 14.4 Å². The Morgan fingerprint density at radius 1 is 0.829 bits per heavy atom. The average Bonchev–Trinajstić information content (AvgIpc) is 3.43. The van der Waals surface area contributed by atoms with E-state index in [9.17, 15) is 14.4 Å². The molecule has 3 amide bonds. The molecule has 4 rings (SSSR count). The van der Waals surface area contributed by atoms with E-state index in [1.165, 1.54) is 0 Å². The van der Waals surface area contributed by atoms with Crippen molar-refractivity contribution in [2.45, 2.75) is 25.8 Å². The molecule has 1 saturated heterocycles. The second kappa shape index (κ2) is 11.3. The summed E-state index contributed by atoms with van der Waals surface area (Å²) in [6.07, 6.45) is 2.11. The molecule has 180 valence electrons. The summed E-state index contributed by atoms with van der Waals surface area (Å²) in [5.74, 6) is -0.398. The van der Waals surface area contributed by atoms with Crippen LogP contribution in [0.15, 0.2) is 78.9 Å². The molecule has 1 heterocycles. The monoisotopic (exact) mass is 470 g/mol. The maximum Gasteiger partial charge on any atom is 0.253 e. The molecular formula is C28H30N4O3. The summed E-state index contributed by atoms with van der Waals surface area (Å²) in [6.45, 7) is 3.61. The van der Waals surface area contributed by atoms with Crippen molar-refractivity contribution in [2.75, 3.05) is 30.3 Å². The molecule has 3 N–H and O–H groups in total. The summed E-state index contributed by atoms with van der Waals surface area (Å²) in [5.41, 5.74) is 3.43. The van der Waals surface area contributed by atoms with Gasteiger partial charge in [0.1, 0.15) is 0 Å². The first-order valence-electron chi connectivity index (χ1n) is 11.9. The Morgan fingerprint density at radius 3 is 2.26 bits per heavy atom. The van der Waals surface area contributed by atoms with Crippen LogP contribution < -0.4 is 16.0 Å². The summed E-state index contributed by atoms with van der Waals surface area (Å²) in [4.78, 5) is 39.4. The fourth-order valence-corrected chi connectivity index (χ4v) is 4.06. The molecular weight excluding hydrogens is 440 g/mol. The third-order valence-electron chi connectivity index (χ3n) is 6.03. The average molecular weight is 471 g/mol. The van der Waals surface area contributed by atoms with E-state index in [1.807, 2.05) is 42.2 Å². The van der Waals surface area contributed by atoms with Crippen LogP contribution in [0.4, 0.5) is 11.4 Å². The van der Waals surface area contributed by atoms with E-state index in [0.717, 1.165) is 37.2 Å². The van der Waals surface area contributed by atoms with E-state index in [1.54, 1.807) is 48.5 Å². The summed E-state index contributed by atoms with van der Waals surface area (Å²) < 4.78 is 0. The van der Waals surface area contributed by atoms with Crippen LogP contribution in [0.25, 0.3) is 0 Å². The zero-order valence-electron chi connectivity index (χ0n) is 19.8. The number of hydrogen-bond donors (Lipinski definition) is 3. The molecule has 0 aromatic heterocycles. The fourth-order valence-electron chi connectivity index (χ4n) is 4.06. The van der Waals surface area contributed by atoms with Crippen molar-refractivity contribution in [1.29, 1.82) is 0 Å². The van der Waals surface area contributed by atoms with Gasteiger partial charge in [0.2, 0.25) is 5.91 Å². The summed E-state index contributed by atoms with van der Waals surface area (Å²) >= 11 is 0. The molecule has 0 spiro atoms. The zero-order valence-corrected chi connectivity index (χ0v) is 19.8. The molecule has 3 aromatic carbocycles. The van der Waals surface area contributed by atoms with Gasteiger partial charge in [-0.15, -0.1) is 0 Å². The van der Waals surface area contributed by atoms with Crippen molar-refractivity contribution in [2.24, 2.45) is 0 Å². The van der Waals surface area contributed by atoms with Gasteiger partial charge in [-0.3, -0.25) is 14.4 Å². The quantitative estimate of drug-likeness (QED) is 0.453. The molecule has 1 fully saturated rings. The summed E-state index contributed by atoms with van der Waals surface area (Å²) in [6, 6.07) is 23.6. The molecule has 1 aliphatic rings. The Hall–Kier alpha value is -4.13. The van der Waals surface area contributed by atoms with Gasteiger partial charge in [-0.25, -0.2) is 0 Å². The summed E-state index contributed by atoms with van der Waals surface area (Å²) in [5, 5.41) is 8.86. The first kappa shape index (κ1) is 24.0. The van der Waals surface area contributed by atoms with Crippen LogP contribution in [0.2, 0.25) is 0 Å². The van der Waals surface area contributed by atoms with Gasteiger partial charge in [-0.2, -0.15) is 0 Å². The minimum absolute atomic E-state index is 0.0499. The molecule has 1 atom stereocenters. The molecule has 0 aliphatic carbocycles. The predicted octanol–water partition coefficient (Wildman–Crippen LogP) is 4.46. The van der Waals surface area contributed by atoms with Gasteiger partial charge in [-0.05, 0) is 67.8 Å². The van der Waals surface area contributed by atoms with E-state index in [2.05, 4.69) is 16.0 Å². The summed E-state index contributed by atoms with van der Waals surface area (Å²) in [7, 11) is 0. The van der Waals surface area contributed by atoms with Crippen LogP contribution in [0.1, 0.15) is 52.1 Å². The lowest BCUT2D eigenvalue weighted by molar-refractivity contribution is -0.114. The van der Waals surface area contributed by atoms with E-state index in [0.29, 0.717) is 16.8 Å². The van der Waals surface area contributed by atoms with Gasteiger partial charge in [0, 0.05) is 35.6 Å². The minimum atomic E-state index is -0.238. The van der Waals surface area contributed by atoms with Gasteiger partial charge >= 0.3 is 0 Å². The van der Waals surface area contributed by atoms with E-state index in [-0.39, 0.29) is 30.3 Å². The third kappa shape index (κ3) is 6.47. The molecule has 0 saturated carbocycles. The Kier molecular flexibility index (Phi) is 7.77. The maximum absolute atomic E-state index is 12.7. The van der Waals surface area contributed by atoms with Gasteiger partial charge in [-0.1, -0.05) is 36.4 Å². The molecule has 7 heteroatoms. The van der Waals surface area contributed by atoms with Gasteiger partial charge < -0.3 is 20.9 Å². The van der Waals surface area contributed by atoms with E-state index < -0.39 is 0 Å². The van der Waals surface area contributed by atoms with Gasteiger partial charge in [0.25, 0.3) is 11.8 Å². The predicted molar refractivity (Wildman–Crippen MR) is 137 cm³/mol. The van der Waals surface area contributed by atoms with Crippen molar-refractivity contribution >= 4 is 29.1 Å². The second-order valence-electron chi connectivity index (χ2n) is 8.67. The lowest BCUT2D eigenvalue weighted by atomic mass is 10.1. The number of nitrogens with one attached hydrogen (secondary N) is 3. The number of likely N-dealkylation sites (tertiary alicyclic amines) is 1. The van der Waals surface area contributed by atoms with Gasteiger partial charge in [0.15, 0.2) is 0 Å². The molecule has 3 aromatic rings. The zero-order chi connectivity index (χ0) is 24.6. The lowest BCUT2D eigenvalue weighted by Crippen LogP contribution is -2.27. The smallest absolute Gasteiger partial charge is 0.253 e. The number of anilines is 2. The fraction of sp³-hybridized carbons (Fsp3) is 0.250. The van der Waals surface area contributed by atoms with Crippen molar-refractivity contribution in [3.63, 3.8) is 0 Å². The van der Waals surface area contributed by atoms with Crippen LogP contribution in [0.5, 0.6) is 0 Å². The number of hydrogen-bond acceptors (Lipinski definition) is 4. The molecule has 0 radical (unpaired) electrons. The third-order valence-corrected chi connectivity index (χ3v) is 6.03. The highest BCUT2D eigenvalue weighted by molar-refractivity contribution is 5.98. The Morgan fingerprint density at radius 2 is 1.54 bits per heavy atom. The minimum Gasteiger partial charge on any atom is -0.376 e. The Balaban J connectivity index is 1.28. The van der Waals surface area contributed by atoms with Gasteiger partial charge in [0.05, 0.1) is 12.6 Å². The lowest BCUT2D eigenvalue weighted by Gasteiger charge is -2.15. The molecule has 7 nitrogen and oxygen atoms in total. The van der Waals surface area contributed by atoms with Crippen molar-refractivity contribution in [3.8, 4) is 0 Å². The Labute approximate surface area is 205 Å². The van der Waals surface area contributed by atoms with E-state index >= 15 is 0 Å². The highest BCUT2D eigenvalue weighted by Gasteiger charge is 2.19. The normalized spacial score (nSPS) is 13.7. The molecule has 35 heavy (non-hydrogen) atoms. The number of benzene rings is 3. The van der Waals surface area contributed by atoms with E-state index in [4.69, 9.17) is 0 Å². The number of nitrogens with zero attached hydrogens (tertiary/aromatic N) is 1. The van der Waals surface area contributed by atoms with Crippen LogP contribution in [0, 0.1) is 0 Å². The highest BCUT2D eigenvalue weighted by Crippen LogP contribution is 2.17. The number of rotatable bonds is 8. The first-order valence-corrected chi connectivity index (χ1v) is 11.9. The molecule has 0 bridgehead atoms. The number of carbonyl (C=O) groups is 3. The van der Waals surface area contributed by atoms with Crippen molar-refractivity contribution in [1.82, 2.24) is 10.2 Å². The highest BCUT2D eigenvalue weighted by atomic mass is 16.2. The Bertz CT molecular complexity index is 1170. The van der Waals surface area contributed by atoms with Crippen LogP contribution in [0.3, 0.4) is 0 Å².